The van der Waals surface area contributed by atoms with Crippen LogP contribution in [0.2, 0.25) is 0 Å². The van der Waals surface area contributed by atoms with Crippen LogP contribution in [0.25, 0.3) is 0 Å². The predicted molar refractivity (Wildman–Crippen MR) is 58.1 cm³/mol. The molecule has 2 nitrogen and oxygen atoms in total. The van der Waals surface area contributed by atoms with Crippen LogP contribution in [-0.2, 0) is 4.74 Å². The van der Waals surface area contributed by atoms with Crippen molar-refractivity contribution in [2.45, 2.75) is 25.0 Å². The van der Waals surface area contributed by atoms with Crippen LogP contribution in [0.15, 0.2) is 28.7 Å². The summed E-state index contributed by atoms with van der Waals surface area (Å²) in [7, 11) is 0. The van der Waals surface area contributed by atoms with E-state index in [4.69, 9.17) is 4.74 Å². The summed E-state index contributed by atoms with van der Waals surface area (Å²) in [6.45, 7) is 0.675. The molecule has 0 amide bonds. The molecule has 1 fully saturated rings. The van der Waals surface area contributed by atoms with Crippen molar-refractivity contribution in [1.29, 1.82) is 0 Å². The number of hydrogen-bond donors (Lipinski definition) is 1. The Morgan fingerprint density at radius 3 is 2.64 bits per heavy atom. The van der Waals surface area contributed by atoms with Crippen LogP contribution in [-0.4, -0.2) is 18.0 Å². The largest absolute Gasteiger partial charge is 0.367 e. The fraction of sp³-hybridized carbons (Fsp3) is 0.455. The van der Waals surface area contributed by atoms with Crippen molar-refractivity contribution in [3.05, 3.63) is 34.3 Å². The Balaban J connectivity index is 2.16. The quantitative estimate of drug-likeness (QED) is 0.838. The SMILES string of the molecule is O[C@H]1OCCC[C@@H]1c1ccc(Br)cc1. The zero-order chi connectivity index (χ0) is 9.97. The third-order valence-electron chi connectivity index (χ3n) is 2.59. The van der Waals surface area contributed by atoms with Crippen LogP contribution in [0.3, 0.4) is 0 Å². The van der Waals surface area contributed by atoms with Gasteiger partial charge in [0.25, 0.3) is 0 Å². The molecule has 3 heteroatoms. The lowest BCUT2D eigenvalue weighted by Gasteiger charge is -2.28. The first-order valence-corrected chi connectivity index (χ1v) is 5.62. The van der Waals surface area contributed by atoms with Crippen molar-refractivity contribution in [1.82, 2.24) is 0 Å². The maximum Gasteiger partial charge on any atom is 0.161 e. The lowest BCUT2D eigenvalue weighted by atomic mass is 9.92. The van der Waals surface area contributed by atoms with Gasteiger partial charge in [0, 0.05) is 17.0 Å². The molecular weight excluding hydrogens is 244 g/mol. The second-order valence-corrected chi connectivity index (χ2v) is 4.48. The molecule has 1 aliphatic rings. The Hall–Kier alpha value is -0.380. The molecule has 0 unspecified atom stereocenters. The van der Waals surface area contributed by atoms with E-state index in [0.717, 1.165) is 22.9 Å². The van der Waals surface area contributed by atoms with Crippen LogP contribution in [0.1, 0.15) is 24.3 Å². The highest BCUT2D eigenvalue weighted by Crippen LogP contribution is 2.30. The van der Waals surface area contributed by atoms with Gasteiger partial charge < -0.3 is 9.84 Å². The summed E-state index contributed by atoms with van der Waals surface area (Å²) >= 11 is 3.39. The van der Waals surface area contributed by atoms with Crippen molar-refractivity contribution in [2.24, 2.45) is 0 Å². The average molecular weight is 257 g/mol. The van der Waals surface area contributed by atoms with Gasteiger partial charge in [-0.05, 0) is 30.5 Å². The van der Waals surface area contributed by atoms with Crippen molar-refractivity contribution in [2.75, 3.05) is 6.61 Å². The Bertz CT molecular complexity index is 297. The minimum Gasteiger partial charge on any atom is -0.367 e. The lowest BCUT2D eigenvalue weighted by molar-refractivity contribution is -0.137. The van der Waals surface area contributed by atoms with Gasteiger partial charge in [-0.2, -0.15) is 0 Å². The zero-order valence-corrected chi connectivity index (χ0v) is 9.40. The van der Waals surface area contributed by atoms with Crippen LogP contribution in [0.4, 0.5) is 0 Å². The number of rotatable bonds is 1. The lowest BCUT2D eigenvalue weighted by Crippen LogP contribution is -2.27. The van der Waals surface area contributed by atoms with Crippen LogP contribution >= 0.6 is 15.9 Å². The highest BCUT2D eigenvalue weighted by atomic mass is 79.9. The van der Waals surface area contributed by atoms with E-state index in [1.807, 2.05) is 24.3 Å². The van der Waals surface area contributed by atoms with Crippen molar-refractivity contribution in [3.63, 3.8) is 0 Å². The molecule has 1 heterocycles. The van der Waals surface area contributed by atoms with Crippen molar-refractivity contribution < 1.29 is 9.84 Å². The molecule has 1 aromatic rings. The number of halogens is 1. The molecule has 1 aliphatic heterocycles. The number of hydrogen-bond acceptors (Lipinski definition) is 2. The summed E-state index contributed by atoms with van der Waals surface area (Å²) in [6.07, 6.45) is 1.39. The third kappa shape index (κ3) is 2.16. The van der Waals surface area contributed by atoms with Crippen LogP contribution in [0.5, 0.6) is 0 Å². The molecule has 0 radical (unpaired) electrons. The van der Waals surface area contributed by atoms with E-state index in [2.05, 4.69) is 15.9 Å². The van der Waals surface area contributed by atoms with Gasteiger partial charge in [-0.3, -0.25) is 0 Å². The molecule has 14 heavy (non-hydrogen) atoms. The molecule has 1 N–H and O–H groups in total. The summed E-state index contributed by atoms with van der Waals surface area (Å²) in [5, 5.41) is 9.66. The molecule has 1 saturated heterocycles. The highest BCUT2D eigenvalue weighted by molar-refractivity contribution is 9.10. The van der Waals surface area contributed by atoms with E-state index in [1.54, 1.807) is 0 Å². The molecule has 0 spiro atoms. The number of aliphatic hydroxyl groups is 1. The third-order valence-corrected chi connectivity index (χ3v) is 3.12. The molecule has 0 saturated carbocycles. The van der Waals surface area contributed by atoms with Gasteiger partial charge in [-0.1, -0.05) is 28.1 Å². The molecule has 2 rings (SSSR count). The first-order chi connectivity index (χ1) is 6.77. The summed E-state index contributed by atoms with van der Waals surface area (Å²) in [6, 6.07) is 8.06. The molecule has 0 aromatic heterocycles. The van der Waals surface area contributed by atoms with Gasteiger partial charge in [0.05, 0.1) is 0 Å². The fourth-order valence-electron chi connectivity index (χ4n) is 1.81. The van der Waals surface area contributed by atoms with Gasteiger partial charge in [0.1, 0.15) is 0 Å². The normalized spacial score (nSPS) is 27.6. The number of ether oxygens (including phenoxy) is 1. The van der Waals surface area contributed by atoms with Gasteiger partial charge in [-0.25, -0.2) is 0 Å². The maximum atomic E-state index is 9.66. The highest BCUT2D eigenvalue weighted by Gasteiger charge is 2.24. The molecule has 0 bridgehead atoms. The summed E-state index contributed by atoms with van der Waals surface area (Å²) in [5.41, 5.74) is 1.15. The second kappa shape index (κ2) is 4.43. The Kier molecular flexibility index (Phi) is 3.21. The van der Waals surface area contributed by atoms with E-state index in [1.165, 1.54) is 0 Å². The Morgan fingerprint density at radius 2 is 2.00 bits per heavy atom. The van der Waals surface area contributed by atoms with Gasteiger partial charge in [-0.15, -0.1) is 0 Å². The van der Waals surface area contributed by atoms with Gasteiger partial charge in [0.15, 0.2) is 6.29 Å². The summed E-state index contributed by atoms with van der Waals surface area (Å²) < 4.78 is 6.28. The van der Waals surface area contributed by atoms with E-state index >= 15 is 0 Å². The minimum atomic E-state index is -0.634. The fourth-order valence-corrected chi connectivity index (χ4v) is 2.07. The van der Waals surface area contributed by atoms with E-state index < -0.39 is 6.29 Å². The van der Waals surface area contributed by atoms with Crippen molar-refractivity contribution >= 4 is 15.9 Å². The van der Waals surface area contributed by atoms with Crippen LogP contribution in [0, 0.1) is 0 Å². The Morgan fingerprint density at radius 1 is 1.29 bits per heavy atom. The topological polar surface area (TPSA) is 29.5 Å². The number of aliphatic hydroxyl groups excluding tert-OH is 1. The zero-order valence-electron chi connectivity index (χ0n) is 7.82. The smallest absolute Gasteiger partial charge is 0.161 e. The first kappa shape index (κ1) is 10.1. The van der Waals surface area contributed by atoms with Gasteiger partial charge >= 0.3 is 0 Å². The standard InChI is InChI=1S/C11H13BrO2/c12-9-5-3-8(4-6-9)10-2-1-7-14-11(10)13/h3-6,10-11,13H,1-2,7H2/t10-,11+/m1/s1. The minimum absolute atomic E-state index is 0.136. The van der Waals surface area contributed by atoms with Gasteiger partial charge in [0.2, 0.25) is 0 Å². The summed E-state index contributed by atoms with van der Waals surface area (Å²) in [5.74, 6) is 0.136. The van der Waals surface area contributed by atoms with E-state index in [0.29, 0.717) is 6.61 Å². The Labute approximate surface area is 92.0 Å². The first-order valence-electron chi connectivity index (χ1n) is 4.82. The summed E-state index contributed by atoms with van der Waals surface area (Å²) in [4.78, 5) is 0. The predicted octanol–water partition coefficient (Wildman–Crippen LogP) is 2.66. The average Bonchev–Trinajstić information content (AvgIpc) is 2.20. The van der Waals surface area contributed by atoms with Crippen molar-refractivity contribution in [3.8, 4) is 0 Å². The number of benzene rings is 1. The second-order valence-electron chi connectivity index (χ2n) is 3.56. The molecular formula is C11H13BrO2. The maximum absolute atomic E-state index is 9.66. The van der Waals surface area contributed by atoms with E-state index in [-0.39, 0.29) is 5.92 Å². The molecule has 76 valence electrons. The molecule has 2 atom stereocenters. The van der Waals surface area contributed by atoms with E-state index in [9.17, 15) is 5.11 Å². The molecule has 1 aromatic carbocycles. The van der Waals surface area contributed by atoms with Crippen LogP contribution < -0.4 is 0 Å². The monoisotopic (exact) mass is 256 g/mol. The molecule has 0 aliphatic carbocycles.